The molecule has 2 heterocycles. The summed E-state index contributed by atoms with van der Waals surface area (Å²) in [6.07, 6.45) is -2.61. The highest BCUT2D eigenvalue weighted by atomic mass is 35.5. The van der Waals surface area contributed by atoms with Crippen molar-refractivity contribution in [3.8, 4) is 11.3 Å². The van der Waals surface area contributed by atoms with Gasteiger partial charge in [-0.3, -0.25) is 0 Å². The second kappa shape index (κ2) is 7.08. The van der Waals surface area contributed by atoms with E-state index in [1.165, 1.54) is 6.07 Å². The molecule has 2 aromatic heterocycles. The van der Waals surface area contributed by atoms with Gasteiger partial charge in [-0.1, -0.05) is 54.1 Å². The maximum Gasteiger partial charge on any atom is 0.264 e. The maximum atomic E-state index is 13.8. The average molecular weight is 384 g/mol. The van der Waals surface area contributed by atoms with Gasteiger partial charge in [0.15, 0.2) is 5.65 Å². The van der Waals surface area contributed by atoms with Gasteiger partial charge in [0, 0.05) is 16.1 Å². The molecule has 3 nitrogen and oxygen atoms in total. The third-order valence-electron chi connectivity index (χ3n) is 4.43. The molecule has 2 aromatic carbocycles. The van der Waals surface area contributed by atoms with E-state index >= 15 is 0 Å². The topological polar surface area (TPSA) is 30.7 Å². The van der Waals surface area contributed by atoms with E-state index in [2.05, 4.69) is 10.1 Å². The molecule has 0 atom stereocenters. The number of hydrogen-bond donors (Lipinski definition) is 0. The molecule has 136 valence electrons. The molecule has 0 amide bonds. The summed E-state index contributed by atoms with van der Waals surface area (Å²) in [6.45, 7) is 2.13. The molecule has 0 bridgehead atoms. The van der Waals surface area contributed by atoms with Gasteiger partial charge >= 0.3 is 0 Å². The summed E-state index contributed by atoms with van der Waals surface area (Å²) in [5.74, 6) is 0. The van der Waals surface area contributed by atoms with Gasteiger partial charge in [-0.2, -0.15) is 5.10 Å². The van der Waals surface area contributed by atoms with Crippen LogP contribution in [0.2, 0.25) is 5.02 Å². The number of alkyl halides is 2. The Hall–Kier alpha value is -2.79. The molecule has 0 radical (unpaired) electrons. The SMILES string of the molecule is Cc1nn(Cc2cccc(Cl)c2)c2nc(-c3ccccc3)cc(C(F)F)c12. The zero-order chi connectivity index (χ0) is 19.0. The van der Waals surface area contributed by atoms with Gasteiger partial charge in [-0.25, -0.2) is 18.4 Å². The summed E-state index contributed by atoms with van der Waals surface area (Å²) >= 11 is 6.06. The second-order valence-electron chi connectivity index (χ2n) is 6.34. The van der Waals surface area contributed by atoms with Gasteiger partial charge in [0.1, 0.15) is 0 Å². The number of nitrogens with zero attached hydrogens (tertiary/aromatic N) is 3. The number of benzene rings is 2. The minimum atomic E-state index is -2.61. The van der Waals surface area contributed by atoms with Crippen molar-refractivity contribution in [2.24, 2.45) is 0 Å². The Morgan fingerprint density at radius 1 is 1.04 bits per heavy atom. The summed E-state index contributed by atoms with van der Waals surface area (Å²) in [6, 6.07) is 18.2. The lowest BCUT2D eigenvalue weighted by Gasteiger charge is -2.09. The fourth-order valence-electron chi connectivity index (χ4n) is 3.23. The first-order valence-electron chi connectivity index (χ1n) is 8.49. The Kier molecular flexibility index (Phi) is 4.62. The van der Waals surface area contributed by atoms with Crippen molar-refractivity contribution in [2.45, 2.75) is 19.9 Å². The van der Waals surface area contributed by atoms with Crippen LogP contribution >= 0.6 is 11.6 Å². The van der Waals surface area contributed by atoms with Crippen LogP contribution in [0.15, 0.2) is 60.7 Å². The zero-order valence-electron chi connectivity index (χ0n) is 14.5. The van der Waals surface area contributed by atoms with Crippen LogP contribution in [-0.2, 0) is 6.54 Å². The predicted octanol–water partition coefficient (Wildman–Crippen LogP) is 6.05. The van der Waals surface area contributed by atoms with Crippen molar-refractivity contribution in [1.82, 2.24) is 14.8 Å². The molecule has 6 heteroatoms. The monoisotopic (exact) mass is 383 g/mol. The number of rotatable bonds is 4. The molecule has 0 fully saturated rings. The van der Waals surface area contributed by atoms with Gasteiger partial charge in [0.05, 0.1) is 23.3 Å². The van der Waals surface area contributed by atoms with Crippen LogP contribution in [0.3, 0.4) is 0 Å². The van der Waals surface area contributed by atoms with E-state index in [0.717, 1.165) is 11.1 Å². The molecular weight excluding hydrogens is 368 g/mol. The lowest BCUT2D eigenvalue weighted by molar-refractivity contribution is 0.153. The molecule has 0 spiro atoms. The normalized spacial score (nSPS) is 11.4. The summed E-state index contributed by atoms with van der Waals surface area (Å²) in [4.78, 5) is 4.66. The van der Waals surface area contributed by atoms with E-state index < -0.39 is 6.43 Å². The zero-order valence-corrected chi connectivity index (χ0v) is 15.3. The first kappa shape index (κ1) is 17.6. The molecule has 4 aromatic rings. The van der Waals surface area contributed by atoms with Crippen LogP contribution in [0, 0.1) is 6.92 Å². The van der Waals surface area contributed by atoms with Crippen molar-refractivity contribution < 1.29 is 8.78 Å². The van der Waals surface area contributed by atoms with Crippen molar-refractivity contribution in [1.29, 1.82) is 0 Å². The van der Waals surface area contributed by atoms with Crippen molar-refractivity contribution in [2.75, 3.05) is 0 Å². The van der Waals surface area contributed by atoms with Crippen molar-refractivity contribution in [3.05, 3.63) is 82.5 Å². The van der Waals surface area contributed by atoms with Crippen LogP contribution in [0.4, 0.5) is 8.78 Å². The standard InChI is InChI=1S/C21H16ClF2N3/c1-13-19-17(20(23)24)11-18(15-7-3-2-4-8-15)25-21(19)27(26-13)12-14-6-5-9-16(22)10-14/h2-11,20H,12H2,1H3. The van der Waals surface area contributed by atoms with E-state index in [-0.39, 0.29) is 5.56 Å². The van der Waals surface area contributed by atoms with Gasteiger partial charge in [0.25, 0.3) is 6.43 Å². The number of aryl methyl sites for hydroxylation is 1. The minimum absolute atomic E-state index is 0.0475. The minimum Gasteiger partial charge on any atom is -0.243 e. The molecule has 0 aliphatic rings. The Bertz CT molecular complexity index is 1110. The molecule has 4 rings (SSSR count). The van der Waals surface area contributed by atoms with Crippen LogP contribution in [0.5, 0.6) is 0 Å². The Morgan fingerprint density at radius 2 is 1.81 bits per heavy atom. The maximum absolute atomic E-state index is 13.8. The third-order valence-corrected chi connectivity index (χ3v) is 4.67. The number of pyridine rings is 1. The smallest absolute Gasteiger partial charge is 0.243 e. The molecule has 0 aliphatic heterocycles. The van der Waals surface area contributed by atoms with Gasteiger partial charge in [-0.05, 0) is 30.7 Å². The van der Waals surface area contributed by atoms with E-state index in [4.69, 9.17) is 11.6 Å². The molecule has 0 N–H and O–H groups in total. The molecule has 0 aliphatic carbocycles. The quantitative estimate of drug-likeness (QED) is 0.429. The fraction of sp³-hybridized carbons (Fsp3) is 0.143. The lowest BCUT2D eigenvalue weighted by Crippen LogP contribution is -2.04. The molecule has 0 unspecified atom stereocenters. The van der Waals surface area contributed by atoms with E-state index in [1.807, 2.05) is 48.5 Å². The van der Waals surface area contributed by atoms with Crippen LogP contribution in [-0.4, -0.2) is 14.8 Å². The highest BCUT2D eigenvalue weighted by Gasteiger charge is 2.21. The van der Waals surface area contributed by atoms with Crippen LogP contribution < -0.4 is 0 Å². The average Bonchev–Trinajstić information content (AvgIpc) is 2.97. The van der Waals surface area contributed by atoms with Crippen molar-refractivity contribution >= 4 is 22.6 Å². The number of fused-ring (bicyclic) bond motifs is 1. The summed E-state index contributed by atoms with van der Waals surface area (Å²) in [7, 11) is 0. The Morgan fingerprint density at radius 3 is 2.52 bits per heavy atom. The molecular formula is C21H16ClF2N3. The van der Waals surface area contributed by atoms with E-state index in [9.17, 15) is 8.78 Å². The van der Waals surface area contributed by atoms with Crippen LogP contribution in [0.1, 0.15) is 23.2 Å². The molecule has 0 saturated heterocycles. The summed E-state index contributed by atoms with van der Waals surface area (Å²) in [5, 5.41) is 5.50. The van der Waals surface area contributed by atoms with E-state index in [0.29, 0.717) is 34.0 Å². The Labute approximate surface area is 160 Å². The van der Waals surface area contributed by atoms with Gasteiger partial charge in [-0.15, -0.1) is 0 Å². The van der Waals surface area contributed by atoms with Gasteiger partial charge in [0.2, 0.25) is 0 Å². The van der Waals surface area contributed by atoms with Gasteiger partial charge < -0.3 is 0 Å². The summed E-state index contributed by atoms with van der Waals surface area (Å²) in [5.41, 5.74) is 3.16. The van der Waals surface area contributed by atoms with Crippen molar-refractivity contribution in [3.63, 3.8) is 0 Å². The van der Waals surface area contributed by atoms with E-state index in [1.54, 1.807) is 17.7 Å². The highest BCUT2D eigenvalue weighted by Crippen LogP contribution is 2.33. The Balaban J connectivity index is 1.91. The number of aromatic nitrogens is 3. The lowest BCUT2D eigenvalue weighted by atomic mass is 10.1. The number of halogens is 3. The summed E-state index contributed by atoms with van der Waals surface area (Å²) < 4.78 is 29.2. The fourth-order valence-corrected chi connectivity index (χ4v) is 3.45. The highest BCUT2D eigenvalue weighted by molar-refractivity contribution is 6.30. The van der Waals surface area contributed by atoms with Crippen LogP contribution in [0.25, 0.3) is 22.3 Å². The molecule has 27 heavy (non-hydrogen) atoms. The number of hydrogen-bond acceptors (Lipinski definition) is 2. The molecule has 0 saturated carbocycles. The second-order valence-corrected chi connectivity index (χ2v) is 6.77. The first-order chi connectivity index (χ1) is 13.0. The third kappa shape index (κ3) is 3.43. The predicted molar refractivity (Wildman–Crippen MR) is 103 cm³/mol. The largest absolute Gasteiger partial charge is 0.264 e. The first-order valence-corrected chi connectivity index (χ1v) is 8.87.